The van der Waals surface area contributed by atoms with Crippen LogP contribution in [0.4, 0.5) is 0 Å². The molecule has 1 fully saturated rings. The smallest absolute Gasteiger partial charge is 0.268 e. The van der Waals surface area contributed by atoms with E-state index < -0.39 is 31.7 Å². The Hall–Kier alpha value is -2.14. The van der Waals surface area contributed by atoms with Crippen molar-refractivity contribution < 1.29 is 35.4 Å². The van der Waals surface area contributed by atoms with E-state index in [9.17, 15) is 16.8 Å². The van der Waals surface area contributed by atoms with Crippen LogP contribution in [0, 0.1) is 0 Å². The van der Waals surface area contributed by atoms with E-state index in [1.165, 1.54) is 0 Å². The van der Waals surface area contributed by atoms with Crippen LogP contribution in [0.25, 0.3) is 0 Å². The molecule has 0 radical (unpaired) electrons. The van der Waals surface area contributed by atoms with Gasteiger partial charge in [0.05, 0.1) is 0 Å². The van der Waals surface area contributed by atoms with Crippen molar-refractivity contribution in [2.24, 2.45) is 0 Å². The molecule has 0 saturated heterocycles. The van der Waals surface area contributed by atoms with E-state index in [-0.39, 0.29) is 18.6 Å². The molecule has 0 amide bonds. The third-order valence-corrected chi connectivity index (χ3v) is 7.07. The Kier molecular flexibility index (Phi) is 7.81. The molecule has 0 aromatic heterocycles. The van der Waals surface area contributed by atoms with Gasteiger partial charge in [-0.2, -0.15) is 16.8 Å². The highest BCUT2D eigenvalue weighted by Crippen LogP contribution is 2.46. The highest BCUT2D eigenvalue weighted by Gasteiger charge is 2.36. The van der Waals surface area contributed by atoms with Crippen LogP contribution in [-0.4, -0.2) is 50.7 Å². The number of hydrogen-bond acceptors (Lipinski definition) is 6. The third-order valence-electron chi connectivity index (χ3n) is 5.70. The second kappa shape index (κ2) is 10.2. The molecular weight excluding hydrogens is 456 g/mol. The highest BCUT2D eigenvalue weighted by molar-refractivity contribution is 7.86. The van der Waals surface area contributed by atoms with Crippen LogP contribution < -0.4 is 9.47 Å². The topological polar surface area (TPSA) is 127 Å². The number of hydrogen-bond donors (Lipinski definition) is 2. The zero-order valence-corrected chi connectivity index (χ0v) is 19.3. The minimum absolute atomic E-state index is 0.146. The summed E-state index contributed by atoms with van der Waals surface area (Å²) in [7, 11) is -8.19. The van der Waals surface area contributed by atoms with Crippen molar-refractivity contribution in [2.75, 3.05) is 24.7 Å². The first-order chi connectivity index (χ1) is 15.1. The van der Waals surface area contributed by atoms with Gasteiger partial charge in [0, 0.05) is 5.41 Å². The fourth-order valence-corrected chi connectivity index (χ4v) is 4.78. The lowest BCUT2D eigenvalue weighted by Gasteiger charge is -2.39. The van der Waals surface area contributed by atoms with Crippen molar-refractivity contribution in [1.82, 2.24) is 0 Å². The molecule has 1 aliphatic rings. The van der Waals surface area contributed by atoms with Crippen LogP contribution in [0.3, 0.4) is 0 Å². The average molecular weight is 485 g/mol. The lowest BCUT2D eigenvalue weighted by Crippen LogP contribution is -2.30. The van der Waals surface area contributed by atoms with Crippen molar-refractivity contribution in [3.63, 3.8) is 0 Å². The van der Waals surface area contributed by atoms with Crippen molar-refractivity contribution in [3.05, 3.63) is 59.7 Å². The molecule has 176 valence electrons. The second-order valence-electron chi connectivity index (χ2n) is 7.97. The van der Waals surface area contributed by atoms with Crippen LogP contribution in [0.1, 0.15) is 43.2 Å². The number of ether oxygens (including phenoxy) is 2. The maximum atomic E-state index is 11.0. The summed E-state index contributed by atoms with van der Waals surface area (Å²) in [6.07, 6.45) is 5.05. The van der Waals surface area contributed by atoms with Gasteiger partial charge in [-0.05, 0) is 48.2 Å². The lowest BCUT2D eigenvalue weighted by atomic mass is 9.65. The molecule has 2 aromatic carbocycles. The SMILES string of the molecule is O=S(=O)(O)CCOc1cccc(C2(c3cccc(OCCS(=O)(=O)O)c3)CCCCC2)c1. The Morgan fingerprint density at radius 1 is 0.719 bits per heavy atom. The van der Waals surface area contributed by atoms with Gasteiger partial charge >= 0.3 is 0 Å². The van der Waals surface area contributed by atoms with Crippen molar-refractivity contribution >= 4 is 20.2 Å². The average Bonchev–Trinajstić information content (AvgIpc) is 2.73. The highest BCUT2D eigenvalue weighted by atomic mass is 32.2. The van der Waals surface area contributed by atoms with Gasteiger partial charge in [0.2, 0.25) is 0 Å². The standard InChI is InChI=1S/C22H28O8S2/c23-31(24,25)14-12-29-20-8-4-6-18(16-20)22(10-2-1-3-11-22)19-7-5-9-21(17-19)30-13-15-32(26,27)28/h4-9,16-17H,1-3,10-15H2,(H,23,24,25)(H,26,27,28). The van der Waals surface area contributed by atoms with Crippen LogP contribution >= 0.6 is 0 Å². The van der Waals surface area contributed by atoms with Crippen LogP contribution in [-0.2, 0) is 25.7 Å². The molecule has 0 unspecified atom stereocenters. The summed E-state index contributed by atoms with van der Waals surface area (Å²) in [4.78, 5) is 0. The number of rotatable bonds is 10. The first-order valence-electron chi connectivity index (χ1n) is 10.4. The second-order valence-corrected chi connectivity index (χ2v) is 11.1. The van der Waals surface area contributed by atoms with Gasteiger partial charge in [-0.3, -0.25) is 9.11 Å². The first kappa shape index (κ1) is 24.5. The maximum Gasteiger partial charge on any atom is 0.268 e. The summed E-state index contributed by atoms with van der Waals surface area (Å²) in [5.41, 5.74) is 1.79. The molecule has 8 nitrogen and oxygen atoms in total. The molecule has 3 rings (SSSR count). The van der Waals surface area contributed by atoms with Gasteiger partial charge in [0.25, 0.3) is 20.2 Å². The predicted octanol–water partition coefficient (Wildman–Crippen LogP) is 3.47. The largest absolute Gasteiger partial charge is 0.492 e. The normalized spacial score (nSPS) is 16.4. The van der Waals surface area contributed by atoms with Crippen molar-refractivity contribution in [1.29, 1.82) is 0 Å². The Balaban J connectivity index is 1.86. The lowest BCUT2D eigenvalue weighted by molar-refractivity contribution is 0.323. The Labute approximate surface area is 189 Å². The molecule has 0 atom stereocenters. The molecule has 2 N–H and O–H groups in total. The van der Waals surface area contributed by atoms with Crippen LogP contribution in [0.2, 0.25) is 0 Å². The third kappa shape index (κ3) is 6.93. The molecule has 0 aliphatic heterocycles. The van der Waals surface area contributed by atoms with Gasteiger partial charge in [0.1, 0.15) is 36.2 Å². The fourth-order valence-electron chi connectivity index (χ4n) is 4.20. The first-order valence-corrected chi connectivity index (χ1v) is 13.7. The van der Waals surface area contributed by atoms with E-state index in [0.29, 0.717) is 11.5 Å². The van der Waals surface area contributed by atoms with Crippen molar-refractivity contribution in [3.8, 4) is 11.5 Å². The Bertz CT molecular complexity index is 1040. The molecule has 1 saturated carbocycles. The van der Waals surface area contributed by atoms with E-state index in [1.54, 1.807) is 12.1 Å². The molecule has 10 heteroatoms. The molecule has 1 aliphatic carbocycles. The molecule has 0 spiro atoms. The van der Waals surface area contributed by atoms with E-state index in [0.717, 1.165) is 43.2 Å². The van der Waals surface area contributed by atoms with Gasteiger partial charge in [-0.15, -0.1) is 0 Å². The Morgan fingerprint density at radius 2 is 1.16 bits per heavy atom. The monoisotopic (exact) mass is 484 g/mol. The molecule has 0 bridgehead atoms. The Morgan fingerprint density at radius 3 is 1.56 bits per heavy atom. The summed E-state index contributed by atoms with van der Waals surface area (Å²) in [6, 6.07) is 15.1. The van der Waals surface area contributed by atoms with E-state index in [2.05, 4.69) is 0 Å². The minimum Gasteiger partial charge on any atom is -0.492 e. The summed E-state index contributed by atoms with van der Waals surface area (Å²) >= 11 is 0. The fraction of sp³-hybridized carbons (Fsp3) is 0.455. The summed E-state index contributed by atoms with van der Waals surface area (Å²) in [5, 5.41) is 0. The van der Waals surface area contributed by atoms with Gasteiger partial charge in [-0.1, -0.05) is 43.5 Å². The molecule has 32 heavy (non-hydrogen) atoms. The van der Waals surface area contributed by atoms with Gasteiger partial charge in [0.15, 0.2) is 0 Å². The molecular formula is C22H28O8S2. The van der Waals surface area contributed by atoms with E-state index in [4.69, 9.17) is 18.6 Å². The zero-order chi connectivity index (χ0) is 23.2. The summed E-state index contributed by atoms with van der Waals surface area (Å²) in [5.74, 6) is 0.0877. The van der Waals surface area contributed by atoms with Crippen LogP contribution in [0.15, 0.2) is 48.5 Å². The van der Waals surface area contributed by atoms with Gasteiger partial charge in [-0.25, -0.2) is 0 Å². The zero-order valence-electron chi connectivity index (χ0n) is 17.6. The van der Waals surface area contributed by atoms with Gasteiger partial charge < -0.3 is 9.47 Å². The number of benzene rings is 2. The molecule has 2 aromatic rings. The predicted molar refractivity (Wildman–Crippen MR) is 121 cm³/mol. The summed E-state index contributed by atoms with van der Waals surface area (Å²) < 4.78 is 72.7. The molecule has 0 heterocycles. The van der Waals surface area contributed by atoms with E-state index in [1.807, 2.05) is 36.4 Å². The minimum atomic E-state index is -4.09. The van der Waals surface area contributed by atoms with Crippen molar-refractivity contribution in [2.45, 2.75) is 37.5 Å². The summed E-state index contributed by atoms with van der Waals surface area (Å²) in [6.45, 7) is -0.293. The van der Waals surface area contributed by atoms with Crippen LogP contribution in [0.5, 0.6) is 11.5 Å². The quantitative estimate of drug-likeness (QED) is 0.491. The van der Waals surface area contributed by atoms with E-state index >= 15 is 0 Å². The maximum absolute atomic E-state index is 11.0.